The smallest absolute Gasteiger partial charge is 0.242 e. The normalized spacial score (nSPS) is 12.4. The Morgan fingerprint density at radius 1 is 1.12 bits per heavy atom. The highest BCUT2D eigenvalue weighted by Crippen LogP contribution is 2.16. The Morgan fingerprint density at radius 2 is 1.77 bits per heavy atom. The lowest BCUT2D eigenvalue weighted by atomic mass is 10.2. The third-order valence-corrected chi connectivity index (χ3v) is 5.77. The largest absolute Gasteiger partial charge is 0.497 e. The second-order valence-electron chi connectivity index (χ2n) is 5.49. The van der Waals surface area contributed by atoms with Crippen LogP contribution in [0.25, 0.3) is 0 Å². The lowest BCUT2D eigenvalue weighted by molar-refractivity contribution is -0.117. The van der Waals surface area contributed by atoms with E-state index in [2.05, 4.69) is 10.0 Å². The number of hydrogen-bond donors (Lipinski definition) is 2. The molecule has 0 aliphatic carbocycles. The fraction of sp³-hybridized carbons (Fsp3) is 0.278. The Bertz CT molecular complexity index is 809. The van der Waals surface area contributed by atoms with Gasteiger partial charge in [0.15, 0.2) is 0 Å². The molecule has 2 N–H and O–H groups in total. The quantitative estimate of drug-likeness (QED) is 0.683. The van der Waals surface area contributed by atoms with Gasteiger partial charge in [-0.25, -0.2) is 8.42 Å². The summed E-state index contributed by atoms with van der Waals surface area (Å²) in [5, 5.41) is 2.75. The molecule has 0 aromatic heterocycles. The monoisotopic (exact) mass is 394 g/mol. The number of amides is 1. The zero-order valence-electron chi connectivity index (χ0n) is 14.6. The molecule has 0 spiro atoms. The van der Waals surface area contributed by atoms with E-state index in [9.17, 15) is 13.2 Å². The molecular weight excluding hydrogens is 372 g/mol. The molecule has 1 amide bonds. The van der Waals surface area contributed by atoms with Crippen LogP contribution in [-0.4, -0.2) is 39.5 Å². The first-order valence-electron chi connectivity index (χ1n) is 7.97. The molecule has 140 valence electrons. The minimum atomic E-state index is -3.78. The molecule has 0 bridgehead atoms. The number of thioether (sulfide) groups is 1. The van der Waals surface area contributed by atoms with Gasteiger partial charge in [0.25, 0.3) is 0 Å². The van der Waals surface area contributed by atoms with Gasteiger partial charge in [-0.1, -0.05) is 18.2 Å². The minimum absolute atomic E-state index is 0.131. The van der Waals surface area contributed by atoms with Gasteiger partial charge in [-0.05, 0) is 54.8 Å². The fourth-order valence-corrected chi connectivity index (χ4v) is 3.96. The van der Waals surface area contributed by atoms with Gasteiger partial charge in [0.1, 0.15) is 11.8 Å². The van der Waals surface area contributed by atoms with Crippen molar-refractivity contribution in [2.24, 2.45) is 0 Å². The Morgan fingerprint density at radius 3 is 2.35 bits per heavy atom. The number of anilines is 1. The molecule has 26 heavy (non-hydrogen) atoms. The van der Waals surface area contributed by atoms with Crippen LogP contribution in [0.15, 0.2) is 59.5 Å². The molecule has 0 saturated heterocycles. The van der Waals surface area contributed by atoms with Crippen molar-refractivity contribution in [3.8, 4) is 5.75 Å². The lowest BCUT2D eigenvalue weighted by Gasteiger charge is -2.18. The van der Waals surface area contributed by atoms with Gasteiger partial charge in [0.2, 0.25) is 15.9 Å². The minimum Gasteiger partial charge on any atom is -0.497 e. The van der Waals surface area contributed by atoms with Crippen LogP contribution < -0.4 is 14.8 Å². The maximum atomic E-state index is 12.6. The van der Waals surface area contributed by atoms with E-state index >= 15 is 0 Å². The maximum absolute atomic E-state index is 12.6. The summed E-state index contributed by atoms with van der Waals surface area (Å²) in [4.78, 5) is 12.7. The Kier molecular flexibility index (Phi) is 7.50. The number of carbonyl (C=O) groups is 1. The van der Waals surface area contributed by atoms with E-state index in [1.807, 2.05) is 6.26 Å². The van der Waals surface area contributed by atoms with Crippen molar-refractivity contribution in [1.82, 2.24) is 4.72 Å². The van der Waals surface area contributed by atoms with Crippen LogP contribution in [0.4, 0.5) is 5.69 Å². The summed E-state index contributed by atoms with van der Waals surface area (Å²) in [5.41, 5.74) is 0.573. The molecule has 8 heteroatoms. The van der Waals surface area contributed by atoms with Crippen LogP contribution in [0, 0.1) is 0 Å². The predicted octanol–water partition coefficient (Wildman–Crippen LogP) is 2.73. The highest BCUT2D eigenvalue weighted by Gasteiger charge is 2.25. The summed E-state index contributed by atoms with van der Waals surface area (Å²) in [7, 11) is -2.22. The molecular formula is C18H22N2O4S2. The second kappa shape index (κ2) is 9.61. The summed E-state index contributed by atoms with van der Waals surface area (Å²) in [6.07, 6.45) is 2.29. The summed E-state index contributed by atoms with van der Waals surface area (Å²) < 4.78 is 32.7. The molecule has 1 atom stereocenters. The number of rotatable bonds is 9. The van der Waals surface area contributed by atoms with Gasteiger partial charge in [-0.2, -0.15) is 16.5 Å². The number of benzene rings is 2. The van der Waals surface area contributed by atoms with Crippen molar-refractivity contribution >= 4 is 33.4 Å². The van der Waals surface area contributed by atoms with Gasteiger partial charge < -0.3 is 10.1 Å². The van der Waals surface area contributed by atoms with E-state index in [1.54, 1.807) is 61.3 Å². The summed E-state index contributed by atoms with van der Waals surface area (Å²) in [6, 6.07) is 14.0. The average molecular weight is 395 g/mol. The summed E-state index contributed by atoms with van der Waals surface area (Å²) >= 11 is 1.55. The van der Waals surface area contributed by atoms with Crippen molar-refractivity contribution in [1.29, 1.82) is 0 Å². The van der Waals surface area contributed by atoms with Gasteiger partial charge in [0.05, 0.1) is 12.0 Å². The summed E-state index contributed by atoms with van der Waals surface area (Å²) in [5.74, 6) is 0.924. The van der Waals surface area contributed by atoms with E-state index < -0.39 is 22.0 Å². The standard InChI is InChI=1S/C18H22N2O4S2/c1-24-15-10-8-14(9-11-15)19-18(21)17(12-13-25-2)20-26(22,23)16-6-4-3-5-7-16/h3-11,17,20H,12-13H2,1-2H3,(H,19,21)/t17-/m1/s1. The van der Waals surface area contributed by atoms with Crippen LogP contribution in [0.5, 0.6) is 5.75 Å². The number of ether oxygens (including phenoxy) is 1. The van der Waals surface area contributed by atoms with Crippen molar-refractivity contribution in [2.45, 2.75) is 17.4 Å². The number of carbonyl (C=O) groups excluding carboxylic acids is 1. The van der Waals surface area contributed by atoms with E-state index in [0.717, 1.165) is 0 Å². The van der Waals surface area contributed by atoms with Crippen molar-refractivity contribution < 1.29 is 17.9 Å². The number of methoxy groups -OCH3 is 1. The first-order valence-corrected chi connectivity index (χ1v) is 10.8. The topological polar surface area (TPSA) is 84.5 Å². The molecule has 0 aliphatic heterocycles. The van der Waals surface area contributed by atoms with Gasteiger partial charge in [0, 0.05) is 5.69 Å². The molecule has 0 radical (unpaired) electrons. The molecule has 0 fully saturated rings. The molecule has 0 saturated carbocycles. The molecule has 0 heterocycles. The molecule has 2 aromatic rings. The second-order valence-corrected chi connectivity index (χ2v) is 8.19. The van der Waals surface area contributed by atoms with Crippen LogP contribution >= 0.6 is 11.8 Å². The first kappa shape index (κ1) is 20.3. The molecule has 2 aromatic carbocycles. The van der Waals surface area contributed by atoms with Crippen LogP contribution in [0.2, 0.25) is 0 Å². The molecule has 6 nitrogen and oxygen atoms in total. The fourth-order valence-electron chi connectivity index (χ4n) is 2.24. The molecule has 0 unspecified atom stereocenters. The van der Waals surface area contributed by atoms with Crippen LogP contribution in [-0.2, 0) is 14.8 Å². The van der Waals surface area contributed by atoms with Crippen LogP contribution in [0.3, 0.4) is 0 Å². The zero-order valence-corrected chi connectivity index (χ0v) is 16.3. The summed E-state index contributed by atoms with van der Waals surface area (Å²) in [6.45, 7) is 0. The maximum Gasteiger partial charge on any atom is 0.242 e. The van der Waals surface area contributed by atoms with Gasteiger partial charge in [-0.15, -0.1) is 0 Å². The third kappa shape index (κ3) is 5.76. The van der Waals surface area contributed by atoms with Gasteiger partial charge >= 0.3 is 0 Å². The van der Waals surface area contributed by atoms with Crippen molar-refractivity contribution in [3.63, 3.8) is 0 Å². The number of nitrogens with one attached hydrogen (secondary N) is 2. The number of sulfonamides is 1. The number of hydrogen-bond acceptors (Lipinski definition) is 5. The third-order valence-electron chi connectivity index (χ3n) is 3.64. The van der Waals surface area contributed by atoms with E-state index in [-0.39, 0.29) is 4.90 Å². The SMILES string of the molecule is COc1ccc(NC(=O)[C@@H](CCSC)NS(=O)(=O)c2ccccc2)cc1. The first-order chi connectivity index (χ1) is 12.5. The van der Waals surface area contributed by atoms with Crippen molar-refractivity contribution in [2.75, 3.05) is 24.4 Å². The zero-order chi connectivity index (χ0) is 19.0. The van der Waals surface area contributed by atoms with E-state index in [4.69, 9.17) is 4.74 Å². The van der Waals surface area contributed by atoms with Crippen molar-refractivity contribution in [3.05, 3.63) is 54.6 Å². The molecule has 0 aliphatic rings. The Labute approximate surface area is 158 Å². The van der Waals surface area contributed by atoms with Gasteiger partial charge in [-0.3, -0.25) is 4.79 Å². The van der Waals surface area contributed by atoms with E-state index in [0.29, 0.717) is 23.6 Å². The Balaban J connectivity index is 2.13. The average Bonchev–Trinajstić information content (AvgIpc) is 2.66. The van der Waals surface area contributed by atoms with E-state index in [1.165, 1.54) is 12.1 Å². The highest BCUT2D eigenvalue weighted by molar-refractivity contribution is 7.98. The molecule has 2 rings (SSSR count). The highest BCUT2D eigenvalue weighted by atomic mass is 32.2. The lowest BCUT2D eigenvalue weighted by Crippen LogP contribution is -2.44. The van der Waals surface area contributed by atoms with Crippen LogP contribution in [0.1, 0.15) is 6.42 Å². The predicted molar refractivity (Wildman–Crippen MR) is 105 cm³/mol. The Hall–Kier alpha value is -2.03.